The molecule has 2 atom stereocenters. The number of hydrogen-bond acceptors (Lipinski definition) is 3. The zero-order valence-electron chi connectivity index (χ0n) is 11.0. The minimum absolute atomic E-state index is 0.0493. The Kier molecular flexibility index (Phi) is 5.16. The smallest absolute Gasteiger partial charge is 0.123 e. The number of rotatable bonds is 7. The summed E-state index contributed by atoms with van der Waals surface area (Å²) >= 11 is 6.10. The molecule has 1 saturated carbocycles. The summed E-state index contributed by atoms with van der Waals surface area (Å²) in [7, 11) is 0. The van der Waals surface area contributed by atoms with Gasteiger partial charge >= 0.3 is 0 Å². The highest BCUT2D eigenvalue weighted by Crippen LogP contribution is 2.36. The third kappa shape index (κ3) is 3.89. The second kappa shape index (κ2) is 6.66. The second-order valence-electron chi connectivity index (χ2n) is 4.97. The summed E-state index contributed by atoms with van der Waals surface area (Å²) in [5.41, 5.74) is 3.56. The van der Waals surface area contributed by atoms with E-state index in [-0.39, 0.29) is 18.0 Å². The molecule has 0 saturated heterocycles. The van der Waals surface area contributed by atoms with Gasteiger partial charge < -0.3 is 4.74 Å². The number of hydrogen-bond donors (Lipinski definition) is 2. The lowest BCUT2D eigenvalue weighted by atomic mass is 9.98. The van der Waals surface area contributed by atoms with Crippen LogP contribution in [0.4, 0.5) is 4.39 Å². The van der Waals surface area contributed by atoms with E-state index in [9.17, 15) is 4.39 Å². The van der Waals surface area contributed by atoms with Gasteiger partial charge in [-0.15, -0.1) is 0 Å². The molecule has 1 aromatic rings. The third-order valence-corrected chi connectivity index (χ3v) is 3.87. The maximum Gasteiger partial charge on any atom is 0.123 e. The summed E-state index contributed by atoms with van der Waals surface area (Å²) in [5.74, 6) is 5.91. The predicted molar refractivity (Wildman–Crippen MR) is 74.4 cm³/mol. The highest BCUT2D eigenvalue weighted by atomic mass is 35.5. The van der Waals surface area contributed by atoms with Gasteiger partial charge in [-0.2, -0.15) is 0 Å². The fourth-order valence-electron chi connectivity index (χ4n) is 2.40. The molecule has 106 valence electrons. The molecule has 0 heterocycles. The van der Waals surface area contributed by atoms with E-state index < -0.39 is 0 Å². The van der Waals surface area contributed by atoms with E-state index in [1.807, 2.05) is 6.92 Å². The number of ether oxygens (including phenoxy) is 1. The van der Waals surface area contributed by atoms with E-state index in [4.69, 9.17) is 22.2 Å². The van der Waals surface area contributed by atoms with E-state index in [0.717, 1.165) is 5.56 Å². The van der Waals surface area contributed by atoms with Crippen molar-refractivity contribution < 1.29 is 9.13 Å². The molecular weight excluding hydrogens is 267 g/mol. The van der Waals surface area contributed by atoms with Gasteiger partial charge in [-0.05, 0) is 55.9 Å². The van der Waals surface area contributed by atoms with Crippen LogP contribution >= 0.6 is 11.6 Å². The Morgan fingerprint density at radius 2 is 2.26 bits per heavy atom. The van der Waals surface area contributed by atoms with Crippen LogP contribution in [0.3, 0.4) is 0 Å². The van der Waals surface area contributed by atoms with E-state index in [0.29, 0.717) is 24.0 Å². The standard InChI is InChI=1S/C14H20ClFN2O/c1-2-19-14(9-3-4-9)13(18-17)8-10-7-11(16)5-6-12(10)15/h5-7,9,13-14,18H,2-4,8,17H2,1H3. The summed E-state index contributed by atoms with van der Waals surface area (Å²) in [6, 6.07) is 4.35. The molecule has 1 aliphatic carbocycles. The van der Waals surface area contributed by atoms with Crippen LogP contribution in [0, 0.1) is 11.7 Å². The van der Waals surface area contributed by atoms with Gasteiger partial charge in [0.15, 0.2) is 0 Å². The molecule has 1 aromatic carbocycles. The van der Waals surface area contributed by atoms with Gasteiger partial charge in [0.05, 0.1) is 12.1 Å². The average molecular weight is 287 g/mol. The maximum atomic E-state index is 13.3. The predicted octanol–water partition coefficient (Wildman–Crippen LogP) is 2.67. The maximum absolute atomic E-state index is 13.3. The average Bonchev–Trinajstić information content (AvgIpc) is 3.22. The van der Waals surface area contributed by atoms with Crippen LogP contribution in [0.2, 0.25) is 5.02 Å². The Morgan fingerprint density at radius 3 is 2.84 bits per heavy atom. The molecule has 2 rings (SSSR count). The SMILES string of the molecule is CCOC(C1CC1)C(Cc1cc(F)ccc1Cl)NN. The lowest BCUT2D eigenvalue weighted by Gasteiger charge is -2.27. The molecule has 0 aliphatic heterocycles. The first kappa shape index (κ1) is 14.7. The minimum atomic E-state index is -0.283. The Labute approximate surface area is 118 Å². The van der Waals surface area contributed by atoms with Crippen LogP contribution in [0.5, 0.6) is 0 Å². The van der Waals surface area contributed by atoms with Gasteiger partial charge in [-0.25, -0.2) is 4.39 Å². The van der Waals surface area contributed by atoms with Crippen LogP contribution in [-0.2, 0) is 11.2 Å². The van der Waals surface area contributed by atoms with Gasteiger partial charge in [-0.1, -0.05) is 11.6 Å². The van der Waals surface area contributed by atoms with Crippen molar-refractivity contribution in [1.82, 2.24) is 5.43 Å². The molecule has 1 aliphatic rings. The highest BCUT2D eigenvalue weighted by molar-refractivity contribution is 6.31. The number of benzene rings is 1. The number of nitrogens with one attached hydrogen (secondary N) is 1. The molecule has 3 nitrogen and oxygen atoms in total. The molecule has 3 N–H and O–H groups in total. The molecule has 5 heteroatoms. The molecular formula is C14H20ClFN2O. The Morgan fingerprint density at radius 1 is 1.53 bits per heavy atom. The molecule has 19 heavy (non-hydrogen) atoms. The lowest BCUT2D eigenvalue weighted by molar-refractivity contribution is 0.0192. The second-order valence-corrected chi connectivity index (χ2v) is 5.38. The van der Waals surface area contributed by atoms with Crippen molar-refractivity contribution in [2.75, 3.05) is 6.61 Å². The highest BCUT2D eigenvalue weighted by Gasteiger charge is 2.37. The Balaban J connectivity index is 2.10. The van der Waals surface area contributed by atoms with E-state index in [2.05, 4.69) is 5.43 Å². The molecule has 0 bridgehead atoms. The van der Waals surface area contributed by atoms with E-state index in [1.54, 1.807) is 6.07 Å². The van der Waals surface area contributed by atoms with Crippen molar-refractivity contribution in [3.05, 3.63) is 34.6 Å². The summed E-state index contributed by atoms with van der Waals surface area (Å²) in [6.45, 7) is 2.62. The molecule has 0 radical (unpaired) electrons. The van der Waals surface area contributed by atoms with Crippen LogP contribution < -0.4 is 11.3 Å². The van der Waals surface area contributed by atoms with Crippen LogP contribution in [0.1, 0.15) is 25.3 Å². The van der Waals surface area contributed by atoms with Crippen molar-refractivity contribution >= 4 is 11.6 Å². The quantitative estimate of drug-likeness (QED) is 0.598. The van der Waals surface area contributed by atoms with E-state index in [1.165, 1.54) is 25.0 Å². The van der Waals surface area contributed by atoms with Gasteiger partial charge in [0.25, 0.3) is 0 Å². The summed E-state index contributed by atoms with van der Waals surface area (Å²) in [4.78, 5) is 0. The first-order valence-corrected chi connectivity index (χ1v) is 7.05. The monoisotopic (exact) mass is 286 g/mol. The van der Waals surface area contributed by atoms with Crippen molar-refractivity contribution in [3.8, 4) is 0 Å². The van der Waals surface area contributed by atoms with Gasteiger partial charge in [0.2, 0.25) is 0 Å². The lowest BCUT2D eigenvalue weighted by Crippen LogP contribution is -2.47. The van der Waals surface area contributed by atoms with Gasteiger partial charge in [0.1, 0.15) is 5.82 Å². The van der Waals surface area contributed by atoms with Crippen molar-refractivity contribution in [2.24, 2.45) is 11.8 Å². The first-order chi connectivity index (χ1) is 9.15. The Hall–Kier alpha value is -0.680. The van der Waals surface area contributed by atoms with Crippen LogP contribution in [0.25, 0.3) is 0 Å². The number of nitrogens with two attached hydrogens (primary N) is 1. The zero-order chi connectivity index (χ0) is 13.8. The van der Waals surface area contributed by atoms with Crippen LogP contribution in [-0.4, -0.2) is 18.8 Å². The van der Waals surface area contributed by atoms with Crippen LogP contribution in [0.15, 0.2) is 18.2 Å². The number of hydrazine groups is 1. The third-order valence-electron chi connectivity index (χ3n) is 3.50. The van der Waals surface area contributed by atoms with Gasteiger partial charge in [0, 0.05) is 11.6 Å². The van der Waals surface area contributed by atoms with E-state index >= 15 is 0 Å². The first-order valence-electron chi connectivity index (χ1n) is 6.67. The Bertz CT molecular complexity index is 426. The topological polar surface area (TPSA) is 47.3 Å². The minimum Gasteiger partial charge on any atom is -0.377 e. The van der Waals surface area contributed by atoms with Crippen molar-refractivity contribution in [3.63, 3.8) is 0 Å². The van der Waals surface area contributed by atoms with Crippen molar-refractivity contribution in [2.45, 2.75) is 38.3 Å². The van der Waals surface area contributed by atoms with Gasteiger partial charge in [-0.3, -0.25) is 11.3 Å². The summed E-state index contributed by atoms with van der Waals surface area (Å²) in [6.07, 6.45) is 2.96. The van der Waals surface area contributed by atoms with Crippen molar-refractivity contribution in [1.29, 1.82) is 0 Å². The molecule has 0 spiro atoms. The fraction of sp³-hybridized carbons (Fsp3) is 0.571. The molecule has 2 unspecified atom stereocenters. The summed E-state index contributed by atoms with van der Waals surface area (Å²) < 4.78 is 19.1. The number of halogens is 2. The fourth-order valence-corrected chi connectivity index (χ4v) is 2.60. The molecule has 0 aromatic heterocycles. The largest absolute Gasteiger partial charge is 0.377 e. The summed E-state index contributed by atoms with van der Waals surface area (Å²) in [5, 5.41) is 0.563. The molecule has 0 amide bonds. The molecule has 1 fully saturated rings. The normalized spacial score (nSPS) is 18.3. The zero-order valence-corrected chi connectivity index (χ0v) is 11.8.